The third kappa shape index (κ3) is 1.34. The lowest BCUT2D eigenvalue weighted by Crippen LogP contribution is -2.17. The van der Waals surface area contributed by atoms with Crippen LogP contribution in [-0.4, -0.2) is 23.4 Å². The number of hydrogen-bond acceptors (Lipinski definition) is 2. The zero-order valence-corrected chi connectivity index (χ0v) is 6.62. The van der Waals surface area contributed by atoms with Crippen LogP contribution in [0.5, 0.6) is 0 Å². The Morgan fingerprint density at radius 3 is 3.67 bits per heavy atom. The van der Waals surface area contributed by atoms with Crippen molar-refractivity contribution in [1.29, 1.82) is 0 Å². The Morgan fingerprint density at radius 2 is 2.92 bits per heavy atom. The summed E-state index contributed by atoms with van der Waals surface area (Å²) in [6.07, 6.45) is 1.10. The van der Waals surface area contributed by atoms with Crippen molar-refractivity contribution in [2.45, 2.75) is 18.8 Å². The Kier molecular flexibility index (Phi) is 0.933. The minimum atomic E-state index is -2.50. The summed E-state index contributed by atoms with van der Waals surface area (Å²) < 4.78 is 46.2. The van der Waals surface area contributed by atoms with Crippen molar-refractivity contribution < 1.29 is 8.22 Å². The van der Waals surface area contributed by atoms with E-state index in [1.54, 1.807) is 12.1 Å². The normalized spacial score (nSPS) is 43.3. The van der Waals surface area contributed by atoms with Crippen LogP contribution < -0.4 is 0 Å². The lowest BCUT2D eigenvalue weighted by atomic mass is 10.1. The smallest absolute Gasteiger partial charge is 0.0519 e. The van der Waals surface area contributed by atoms with E-state index in [4.69, 9.17) is 8.22 Å². The van der Waals surface area contributed by atoms with E-state index in [0.29, 0.717) is 5.56 Å². The van der Waals surface area contributed by atoms with E-state index in [9.17, 15) is 0 Å². The van der Waals surface area contributed by atoms with Crippen molar-refractivity contribution >= 4 is 0 Å². The average Bonchev–Trinajstić information content (AvgIpc) is 2.51. The first kappa shape index (κ1) is 3.46. The second kappa shape index (κ2) is 3.23. The predicted molar refractivity (Wildman–Crippen MR) is 48.8 cm³/mol. The molecule has 0 aliphatic carbocycles. The highest BCUT2D eigenvalue weighted by Gasteiger charge is 2.21. The number of rotatable bonds is 1. The molecular formula is C10H14N2. The summed E-state index contributed by atoms with van der Waals surface area (Å²) in [5.74, 6) is 0. The van der Waals surface area contributed by atoms with Crippen LogP contribution >= 0.6 is 0 Å². The van der Waals surface area contributed by atoms with Gasteiger partial charge in [-0.1, -0.05) is 6.07 Å². The molecule has 2 heterocycles. The van der Waals surface area contributed by atoms with Crippen molar-refractivity contribution in [3.05, 3.63) is 30.1 Å². The zero-order chi connectivity index (χ0) is 13.6. The molecule has 0 unspecified atom stereocenters. The van der Waals surface area contributed by atoms with Crippen LogP contribution in [0, 0.1) is 0 Å². The predicted octanol–water partition coefficient (Wildman–Crippen LogP) is 1.85. The van der Waals surface area contributed by atoms with Crippen molar-refractivity contribution in [3.63, 3.8) is 0 Å². The lowest BCUT2D eigenvalue weighted by Gasteiger charge is -2.18. The minimum Gasteiger partial charge on any atom is -0.299 e. The van der Waals surface area contributed by atoms with E-state index < -0.39 is 19.4 Å². The first-order chi connectivity index (χ1) is 8.15. The summed E-state index contributed by atoms with van der Waals surface area (Å²) in [4.78, 5) is 4.81. The molecule has 0 saturated carbocycles. The third-order valence-electron chi connectivity index (χ3n) is 1.88. The molecule has 64 valence electrons. The van der Waals surface area contributed by atoms with Crippen molar-refractivity contribution in [2.24, 2.45) is 0 Å². The van der Waals surface area contributed by atoms with Crippen LogP contribution in [0.25, 0.3) is 0 Å². The van der Waals surface area contributed by atoms with Gasteiger partial charge in [0.05, 0.1) is 1.37 Å². The quantitative estimate of drug-likeness (QED) is 0.636. The molecule has 12 heavy (non-hydrogen) atoms. The summed E-state index contributed by atoms with van der Waals surface area (Å²) in [6, 6.07) is 1.64. The second-order valence-electron chi connectivity index (χ2n) is 2.70. The maximum atomic E-state index is 8.38. The summed E-state index contributed by atoms with van der Waals surface area (Å²) in [7, 11) is 0. The van der Waals surface area contributed by atoms with Gasteiger partial charge in [0, 0.05) is 25.3 Å². The van der Waals surface area contributed by atoms with Gasteiger partial charge < -0.3 is 0 Å². The first-order valence-corrected chi connectivity index (χ1v) is 3.83. The molecule has 0 bridgehead atoms. The van der Waals surface area contributed by atoms with Gasteiger partial charge >= 0.3 is 0 Å². The lowest BCUT2D eigenvalue weighted by molar-refractivity contribution is 0.317. The molecule has 1 aliphatic rings. The van der Waals surface area contributed by atoms with Crippen LogP contribution in [0.3, 0.4) is 0 Å². The first-order valence-electron chi connectivity index (χ1n) is 6.83. The Bertz CT molecular complexity index is 432. The Labute approximate surface area is 81.7 Å². The van der Waals surface area contributed by atoms with Crippen LogP contribution in [-0.2, 0) is 0 Å². The topological polar surface area (TPSA) is 16.1 Å². The Balaban J connectivity index is 2.46. The fourth-order valence-electron chi connectivity index (χ4n) is 1.27. The maximum absolute atomic E-state index is 8.38. The number of aromatic nitrogens is 1. The highest BCUT2D eigenvalue weighted by atomic mass is 15.1. The van der Waals surface area contributed by atoms with E-state index >= 15 is 0 Å². The standard InChI is InChI=1S/C10H14N2/c1-12-7-3-5-10(12)9-4-2-6-11-8-9/h2,4,6,8,10H,3,5,7H2,1H3/t10-/m0/s1/i1D3,3D2,10D. The largest absolute Gasteiger partial charge is 0.299 e. The SMILES string of the molecule is [2H]C1([2H])CN(C([2H])([2H])[2H])[C@]([2H])(c2cccnc2)C1. The van der Waals surface area contributed by atoms with Gasteiger partial charge in [-0.25, -0.2) is 0 Å². The molecular weight excluding hydrogens is 148 g/mol. The second-order valence-corrected chi connectivity index (χ2v) is 2.70. The summed E-state index contributed by atoms with van der Waals surface area (Å²) in [5, 5.41) is 0. The molecule has 2 rings (SSSR count). The van der Waals surface area contributed by atoms with E-state index in [1.807, 2.05) is 0 Å². The third-order valence-corrected chi connectivity index (χ3v) is 1.88. The molecule has 0 spiro atoms. The van der Waals surface area contributed by atoms with Crippen LogP contribution in [0.2, 0.25) is 0 Å². The molecule has 1 aliphatic heterocycles. The summed E-state index contributed by atoms with van der Waals surface area (Å²) in [5.41, 5.74) is 0.405. The van der Waals surface area contributed by atoms with Gasteiger partial charge in [-0.15, -0.1) is 0 Å². The fraction of sp³-hybridized carbons (Fsp3) is 0.500. The number of hydrogen-bond donors (Lipinski definition) is 0. The molecule has 0 radical (unpaired) electrons. The Hall–Kier alpha value is -0.890. The minimum absolute atomic E-state index is 0.177. The van der Waals surface area contributed by atoms with Gasteiger partial charge in [-0.3, -0.25) is 9.88 Å². The van der Waals surface area contributed by atoms with Crippen LogP contribution in [0.4, 0.5) is 0 Å². The van der Waals surface area contributed by atoms with E-state index in [-0.39, 0.29) is 13.0 Å². The molecule has 2 nitrogen and oxygen atoms in total. The van der Waals surface area contributed by atoms with Gasteiger partial charge in [0.25, 0.3) is 0 Å². The molecule has 0 N–H and O–H groups in total. The van der Waals surface area contributed by atoms with Crippen molar-refractivity contribution in [3.8, 4) is 0 Å². The van der Waals surface area contributed by atoms with Crippen LogP contribution in [0.1, 0.15) is 32.6 Å². The van der Waals surface area contributed by atoms with Crippen molar-refractivity contribution in [1.82, 2.24) is 9.88 Å². The molecule has 1 fully saturated rings. The van der Waals surface area contributed by atoms with E-state index in [1.165, 1.54) is 12.4 Å². The van der Waals surface area contributed by atoms with Crippen molar-refractivity contribution in [2.75, 3.05) is 13.5 Å². The maximum Gasteiger partial charge on any atom is 0.0519 e. The van der Waals surface area contributed by atoms with Crippen LogP contribution in [0.15, 0.2) is 24.5 Å². The molecule has 1 saturated heterocycles. The number of likely N-dealkylation sites (tertiary alicyclic amines) is 1. The Morgan fingerprint density at radius 1 is 1.92 bits per heavy atom. The zero-order valence-electron chi connectivity index (χ0n) is 12.6. The van der Waals surface area contributed by atoms with Gasteiger partial charge in [-0.05, 0) is 37.9 Å². The van der Waals surface area contributed by atoms with Gasteiger partial charge in [-0.2, -0.15) is 0 Å². The average molecular weight is 168 g/mol. The van der Waals surface area contributed by atoms with E-state index in [2.05, 4.69) is 4.98 Å². The molecule has 0 amide bonds. The van der Waals surface area contributed by atoms with Gasteiger partial charge in [0.1, 0.15) is 0 Å². The summed E-state index contributed by atoms with van der Waals surface area (Å²) in [6.45, 7) is -2.77. The fourth-order valence-corrected chi connectivity index (χ4v) is 1.27. The van der Waals surface area contributed by atoms with Gasteiger partial charge in [0.15, 0.2) is 0 Å². The summed E-state index contributed by atoms with van der Waals surface area (Å²) >= 11 is 0. The number of nitrogens with zero attached hydrogens (tertiary/aromatic N) is 2. The molecule has 1 aromatic rings. The number of pyridine rings is 1. The highest BCUT2D eigenvalue weighted by molar-refractivity contribution is 5.14. The van der Waals surface area contributed by atoms with Gasteiger partial charge in [0.2, 0.25) is 0 Å². The molecule has 1 aromatic heterocycles. The molecule has 0 aromatic carbocycles. The highest BCUT2D eigenvalue weighted by Crippen LogP contribution is 2.29. The molecule has 1 atom stereocenters. The molecule has 2 heteroatoms. The van der Waals surface area contributed by atoms with E-state index in [0.717, 1.165) is 4.90 Å². The monoisotopic (exact) mass is 168 g/mol.